The normalized spacial score (nSPS) is 16.9. The molecule has 0 spiro atoms. The largest absolute Gasteiger partial charge is 0.315 e. The third-order valence-electron chi connectivity index (χ3n) is 4.38. The van der Waals surface area contributed by atoms with Crippen molar-refractivity contribution in [1.82, 2.24) is 5.32 Å². The highest BCUT2D eigenvalue weighted by Crippen LogP contribution is 2.33. The van der Waals surface area contributed by atoms with Crippen LogP contribution in [-0.2, 0) is 11.8 Å². The van der Waals surface area contributed by atoms with Crippen molar-refractivity contribution in [3.05, 3.63) is 70.8 Å². The molecule has 1 nitrogen and oxygen atoms in total. The fourth-order valence-corrected chi connectivity index (χ4v) is 2.94. The van der Waals surface area contributed by atoms with Crippen molar-refractivity contribution in [2.75, 3.05) is 13.1 Å². The Kier molecular flexibility index (Phi) is 3.16. The van der Waals surface area contributed by atoms with Gasteiger partial charge < -0.3 is 5.32 Å². The lowest BCUT2D eigenvalue weighted by atomic mass is 9.70. The van der Waals surface area contributed by atoms with Gasteiger partial charge in [0.05, 0.1) is 0 Å². The minimum absolute atomic E-state index is 0.291. The molecule has 1 saturated heterocycles. The molecule has 3 rings (SSSR count). The van der Waals surface area contributed by atoms with Crippen LogP contribution in [0.4, 0.5) is 0 Å². The smallest absolute Gasteiger partial charge is 0.0243 e. The second kappa shape index (κ2) is 4.82. The van der Waals surface area contributed by atoms with E-state index in [-0.39, 0.29) is 0 Å². The molecule has 0 aliphatic carbocycles. The highest BCUT2D eigenvalue weighted by molar-refractivity contribution is 5.37. The second-order valence-corrected chi connectivity index (χ2v) is 5.85. The van der Waals surface area contributed by atoms with Gasteiger partial charge in [0.2, 0.25) is 0 Å². The molecule has 1 heterocycles. The SMILES string of the molecule is Cc1ccc(C2(Cc3ccccc3C)CNC2)cc1. The Bertz CT molecular complexity index is 564. The monoisotopic (exact) mass is 251 g/mol. The molecule has 1 N–H and O–H groups in total. The Morgan fingerprint density at radius 1 is 0.947 bits per heavy atom. The summed E-state index contributed by atoms with van der Waals surface area (Å²) in [4.78, 5) is 0. The Morgan fingerprint density at radius 2 is 1.63 bits per heavy atom. The topological polar surface area (TPSA) is 12.0 Å². The van der Waals surface area contributed by atoms with E-state index >= 15 is 0 Å². The summed E-state index contributed by atoms with van der Waals surface area (Å²) in [7, 11) is 0. The van der Waals surface area contributed by atoms with E-state index in [1.54, 1.807) is 0 Å². The molecule has 1 heteroatoms. The van der Waals surface area contributed by atoms with Gasteiger partial charge in [-0.3, -0.25) is 0 Å². The molecule has 0 bridgehead atoms. The minimum Gasteiger partial charge on any atom is -0.315 e. The molecule has 0 atom stereocenters. The van der Waals surface area contributed by atoms with Gasteiger partial charge >= 0.3 is 0 Å². The summed E-state index contributed by atoms with van der Waals surface area (Å²) in [5.74, 6) is 0. The Morgan fingerprint density at radius 3 is 2.21 bits per heavy atom. The van der Waals surface area contributed by atoms with E-state index in [9.17, 15) is 0 Å². The lowest BCUT2D eigenvalue weighted by Gasteiger charge is -2.44. The van der Waals surface area contributed by atoms with E-state index in [4.69, 9.17) is 0 Å². The Balaban J connectivity index is 1.92. The molecule has 0 amide bonds. The predicted molar refractivity (Wildman–Crippen MR) is 80.6 cm³/mol. The molecule has 1 fully saturated rings. The second-order valence-electron chi connectivity index (χ2n) is 5.85. The van der Waals surface area contributed by atoms with E-state index in [0.717, 1.165) is 19.5 Å². The van der Waals surface area contributed by atoms with Crippen LogP contribution in [-0.4, -0.2) is 13.1 Å². The number of rotatable bonds is 3. The van der Waals surface area contributed by atoms with E-state index in [0.29, 0.717) is 5.41 Å². The molecule has 2 aromatic carbocycles. The average molecular weight is 251 g/mol. The third-order valence-corrected chi connectivity index (χ3v) is 4.38. The molecular formula is C18H21N. The van der Waals surface area contributed by atoms with E-state index in [1.165, 1.54) is 22.3 Å². The van der Waals surface area contributed by atoms with Crippen LogP contribution < -0.4 is 5.32 Å². The maximum Gasteiger partial charge on any atom is 0.0243 e. The van der Waals surface area contributed by atoms with Crippen LogP contribution in [0, 0.1) is 13.8 Å². The number of hydrogen-bond acceptors (Lipinski definition) is 1. The van der Waals surface area contributed by atoms with Gasteiger partial charge in [-0.2, -0.15) is 0 Å². The van der Waals surface area contributed by atoms with Gasteiger partial charge in [0, 0.05) is 18.5 Å². The number of aryl methyl sites for hydroxylation is 2. The van der Waals surface area contributed by atoms with Gasteiger partial charge in [-0.15, -0.1) is 0 Å². The van der Waals surface area contributed by atoms with E-state index in [2.05, 4.69) is 67.7 Å². The maximum absolute atomic E-state index is 3.45. The van der Waals surface area contributed by atoms with E-state index < -0.39 is 0 Å². The highest BCUT2D eigenvalue weighted by Gasteiger charge is 2.38. The lowest BCUT2D eigenvalue weighted by molar-refractivity contribution is 0.274. The summed E-state index contributed by atoms with van der Waals surface area (Å²) >= 11 is 0. The molecule has 1 aliphatic heterocycles. The van der Waals surface area contributed by atoms with Crippen molar-refractivity contribution >= 4 is 0 Å². The maximum atomic E-state index is 3.45. The summed E-state index contributed by atoms with van der Waals surface area (Å²) in [5, 5.41) is 3.45. The predicted octanol–water partition coefficient (Wildman–Crippen LogP) is 3.39. The zero-order valence-electron chi connectivity index (χ0n) is 11.7. The highest BCUT2D eigenvalue weighted by atomic mass is 15.0. The molecule has 98 valence electrons. The molecule has 0 aromatic heterocycles. The Hall–Kier alpha value is -1.60. The first kappa shape index (κ1) is 12.4. The standard InChI is InChI=1S/C18H21N/c1-14-7-9-17(10-8-14)18(12-19-13-18)11-16-6-4-3-5-15(16)2/h3-10,19H,11-13H2,1-2H3. The number of hydrogen-bond donors (Lipinski definition) is 1. The van der Waals surface area contributed by atoms with Crippen LogP contribution in [0.1, 0.15) is 22.3 Å². The summed E-state index contributed by atoms with van der Waals surface area (Å²) in [6.45, 7) is 6.54. The molecule has 0 radical (unpaired) electrons. The van der Waals surface area contributed by atoms with Gasteiger partial charge in [0.25, 0.3) is 0 Å². The van der Waals surface area contributed by atoms with E-state index in [1.807, 2.05) is 0 Å². The van der Waals surface area contributed by atoms with Gasteiger partial charge in [0.15, 0.2) is 0 Å². The zero-order valence-corrected chi connectivity index (χ0v) is 11.7. The van der Waals surface area contributed by atoms with Crippen molar-refractivity contribution in [2.45, 2.75) is 25.7 Å². The van der Waals surface area contributed by atoms with Gasteiger partial charge in [-0.05, 0) is 37.0 Å². The molecule has 0 unspecified atom stereocenters. The van der Waals surface area contributed by atoms with Crippen LogP contribution in [0.3, 0.4) is 0 Å². The van der Waals surface area contributed by atoms with Crippen LogP contribution in [0.25, 0.3) is 0 Å². The summed E-state index contributed by atoms with van der Waals surface area (Å²) in [5.41, 5.74) is 5.98. The van der Waals surface area contributed by atoms with Gasteiger partial charge in [0.1, 0.15) is 0 Å². The molecule has 1 aliphatic rings. The van der Waals surface area contributed by atoms with Gasteiger partial charge in [-0.25, -0.2) is 0 Å². The van der Waals surface area contributed by atoms with Crippen molar-refractivity contribution in [1.29, 1.82) is 0 Å². The fraction of sp³-hybridized carbons (Fsp3) is 0.333. The quantitative estimate of drug-likeness (QED) is 0.881. The first-order valence-corrected chi connectivity index (χ1v) is 7.02. The first-order valence-electron chi connectivity index (χ1n) is 7.02. The number of nitrogens with one attached hydrogen (secondary N) is 1. The summed E-state index contributed by atoms with van der Waals surface area (Å²) in [6.07, 6.45) is 1.13. The minimum atomic E-state index is 0.291. The van der Waals surface area contributed by atoms with Crippen LogP contribution in [0.15, 0.2) is 48.5 Å². The first-order chi connectivity index (χ1) is 9.20. The lowest BCUT2D eigenvalue weighted by Crippen LogP contribution is -2.58. The third kappa shape index (κ3) is 2.31. The van der Waals surface area contributed by atoms with Gasteiger partial charge in [-0.1, -0.05) is 54.1 Å². The summed E-state index contributed by atoms with van der Waals surface area (Å²) < 4.78 is 0. The Labute approximate surface area is 115 Å². The molecule has 0 saturated carbocycles. The van der Waals surface area contributed by atoms with Crippen molar-refractivity contribution in [3.8, 4) is 0 Å². The molecule has 19 heavy (non-hydrogen) atoms. The fourth-order valence-electron chi connectivity index (χ4n) is 2.94. The summed E-state index contributed by atoms with van der Waals surface area (Å²) in [6, 6.07) is 17.8. The van der Waals surface area contributed by atoms with Crippen LogP contribution in [0.2, 0.25) is 0 Å². The average Bonchev–Trinajstić information content (AvgIpc) is 2.37. The van der Waals surface area contributed by atoms with Crippen molar-refractivity contribution in [3.63, 3.8) is 0 Å². The zero-order chi connectivity index (χ0) is 13.3. The van der Waals surface area contributed by atoms with Crippen molar-refractivity contribution in [2.24, 2.45) is 0 Å². The van der Waals surface area contributed by atoms with Crippen LogP contribution in [0.5, 0.6) is 0 Å². The van der Waals surface area contributed by atoms with Crippen LogP contribution >= 0.6 is 0 Å². The number of benzene rings is 2. The molecule has 2 aromatic rings. The molecular weight excluding hydrogens is 230 g/mol. The van der Waals surface area contributed by atoms with Crippen molar-refractivity contribution < 1.29 is 0 Å².